The van der Waals surface area contributed by atoms with E-state index in [4.69, 9.17) is 0 Å². The van der Waals surface area contributed by atoms with Crippen molar-refractivity contribution in [3.63, 3.8) is 0 Å². The van der Waals surface area contributed by atoms with Crippen LogP contribution in [0, 0.1) is 27.7 Å². The van der Waals surface area contributed by atoms with Gasteiger partial charge in [0.05, 0.1) is 22.8 Å². The molecule has 0 aliphatic heterocycles. The summed E-state index contributed by atoms with van der Waals surface area (Å²) in [6.07, 6.45) is 0. The summed E-state index contributed by atoms with van der Waals surface area (Å²) in [5, 5.41) is 13.9. The number of carbonyl (C=O) groups is 2. The number of anilines is 1. The number of amides is 2. The molecule has 0 radical (unpaired) electrons. The first-order chi connectivity index (χ1) is 11.3. The van der Waals surface area contributed by atoms with Gasteiger partial charge in [-0.2, -0.15) is 10.2 Å². The molecule has 2 aromatic rings. The van der Waals surface area contributed by atoms with Crippen LogP contribution >= 0.6 is 0 Å². The molecule has 0 atom stereocenters. The van der Waals surface area contributed by atoms with Crippen molar-refractivity contribution in [2.45, 2.75) is 47.7 Å². The van der Waals surface area contributed by atoms with Gasteiger partial charge < -0.3 is 10.6 Å². The number of nitrogens with one attached hydrogen (secondary N) is 2. The Bertz CT molecular complexity index is 787. The number of hydrogen-bond donors (Lipinski definition) is 2. The maximum atomic E-state index is 12.1. The van der Waals surface area contributed by atoms with Crippen molar-refractivity contribution in [3.8, 4) is 0 Å². The van der Waals surface area contributed by atoms with Crippen molar-refractivity contribution < 1.29 is 9.59 Å². The third-order valence-electron chi connectivity index (χ3n) is 4.21. The van der Waals surface area contributed by atoms with E-state index in [9.17, 15) is 9.59 Å². The molecule has 0 unspecified atom stereocenters. The van der Waals surface area contributed by atoms with E-state index in [0.29, 0.717) is 11.4 Å². The highest BCUT2D eigenvalue weighted by Crippen LogP contribution is 2.18. The summed E-state index contributed by atoms with van der Waals surface area (Å²) in [6, 6.07) is 0. The van der Waals surface area contributed by atoms with Gasteiger partial charge in [0.25, 0.3) is 0 Å². The average molecular weight is 332 g/mol. The molecule has 24 heavy (non-hydrogen) atoms. The van der Waals surface area contributed by atoms with Gasteiger partial charge in [0.1, 0.15) is 0 Å². The lowest BCUT2D eigenvalue weighted by Gasteiger charge is -2.07. The number of aromatic nitrogens is 4. The standard InChI is InChI=1S/C16H24N6O2/c1-7-22-11(4)13(9(2)20-22)8-17-15(23)16(24)18-14-10(3)19-21(6)12(14)5/h7-8H2,1-6H3,(H,17,23)(H,18,24). The van der Waals surface area contributed by atoms with E-state index < -0.39 is 11.8 Å². The molecule has 2 amide bonds. The minimum absolute atomic E-state index is 0.273. The Morgan fingerprint density at radius 1 is 1.00 bits per heavy atom. The van der Waals surface area contributed by atoms with Gasteiger partial charge in [-0.05, 0) is 34.6 Å². The van der Waals surface area contributed by atoms with Gasteiger partial charge >= 0.3 is 11.8 Å². The molecule has 0 aliphatic carbocycles. The van der Waals surface area contributed by atoms with Gasteiger partial charge in [0, 0.05) is 31.4 Å². The van der Waals surface area contributed by atoms with Gasteiger partial charge in [0.15, 0.2) is 0 Å². The fourth-order valence-electron chi connectivity index (χ4n) is 2.67. The van der Waals surface area contributed by atoms with Crippen LogP contribution in [0.1, 0.15) is 35.3 Å². The zero-order valence-corrected chi connectivity index (χ0v) is 15.0. The lowest BCUT2D eigenvalue weighted by atomic mass is 10.2. The molecule has 0 aliphatic rings. The first-order valence-electron chi connectivity index (χ1n) is 7.88. The van der Waals surface area contributed by atoms with Crippen LogP contribution < -0.4 is 10.6 Å². The molecule has 0 spiro atoms. The fourth-order valence-corrected chi connectivity index (χ4v) is 2.67. The number of rotatable bonds is 4. The second-order valence-corrected chi connectivity index (χ2v) is 5.77. The Morgan fingerprint density at radius 2 is 1.67 bits per heavy atom. The average Bonchev–Trinajstić information content (AvgIpc) is 2.94. The zero-order valence-electron chi connectivity index (χ0n) is 15.0. The van der Waals surface area contributed by atoms with E-state index in [1.54, 1.807) is 18.7 Å². The van der Waals surface area contributed by atoms with Crippen LogP contribution in [-0.4, -0.2) is 31.4 Å². The highest BCUT2D eigenvalue weighted by molar-refractivity contribution is 6.39. The summed E-state index contributed by atoms with van der Waals surface area (Å²) in [5.41, 5.74) is 4.83. The highest BCUT2D eigenvalue weighted by Gasteiger charge is 2.19. The van der Waals surface area contributed by atoms with Gasteiger partial charge in [-0.15, -0.1) is 0 Å². The quantitative estimate of drug-likeness (QED) is 0.821. The Morgan fingerprint density at radius 3 is 2.17 bits per heavy atom. The predicted octanol–water partition coefficient (Wildman–Crippen LogP) is 1.13. The first kappa shape index (κ1) is 17.7. The molecule has 8 nitrogen and oxygen atoms in total. The van der Waals surface area contributed by atoms with Crippen LogP contribution in [0.3, 0.4) is 0 Å². The van der Waals surface area contributed by atoms with Gasteiger partial charge in [-0.1, -0.05) is 0 Å². The summed E-state index contributed by atoms with van der Waals surface area (Å²) in [5.74, 6) is -1.38. The molecule has 0 bridgehead atoms. The summed E-state index contributed by atoms with van der Waals surface area (Å²) < 4.78 is 3.54. The predicted molar refractivity (Wildman–Crippen MR) is 90.5 cm³/mol. The Labute approximate surface area is 141 Å². The Hall–Kier alpha value is -2.64. The van der Waals surface area contributed by atoms with E-state index >= 15 is 0 Å². The smallest absolute Gasteiger partial charge is 0.313 e. The largest absolute Gasteiger partial charge is 0.344 e. The molecule has 8 heteroatoms. The molecule has 130 valence electrons. The van der Waals surface area contributed by atoms with Gasteiger partial charge in [-0.3, -0.25) is 19.0 Å². The van der Waals surface area contributed by atoms with Crippen LogP contribution in [0.15, 0.2) is 0 Å². The van der Waals surface area contributed by atoms with E-state index in [2.05, 4.69) is 20.8 Å². The topological polar surface area (TPSA) is 93.8 Å². The maximum absolute atomic E-state index is 12.1. The van der Waals surface area contributed by atoms with Gasteiger partial charge in [0.2, 0.25) is 0 Å². The van der Waals surface area contributed by atoms with Crippen molar-refractivity contribution in [3.05, 3.63) is 28.3 Å². The van der Waals surface area contributed by atoms with Crippen molar-refractivity contribution in [2.24, 2.45) is 7.05 Å². The number of hydrogen-bond acceptors (Lipinski definition) is 4. The zero-order chi connectivity index (χ0) is 18.0. The van der Waals surface area contributed by atoms with E-state index in [0.717, 1.165) is 29.2 Å². The third kappa shape index (κ3) is 3.32. The summed E-state index contributed by atoms with van der Waals surface area (Å²) in [7, 11) is 1.79. The molecule has 0 saturated heterocycles. The molecular weight excluding hydrogens is 308 g/mol. The van der Waals surface area contributed by atoms with Crippen molar-refractivity contribution >= 4 is 17.5 Å². The Balaban J connectivity index is 2.02. The van der Waals surface area contributed by atoms with Crippen LogP contribution in [0.2, 0.25) is 0 Å². The summed E-state index contributed by atoms with van der Waals surface area (Å²) in [4.78, 5) is 24.2. The van der Waals surface area contributed by atoms with E-state index in [1.807, 2.05) is 32.4 Å². The van der Waals surface area contributed by atoms with Crippen LogP contribution in [0.25, 0.3) is 0 Å². The number of aryl methyl sites for hydroxylation is 4. The minimum Gasteiger partial charge on any atom is -0.344 e. The summed E-state index contributed by atoms with van der Waals surface area (Å²) in [6.45, 7) is 10.5. The highest BCUT2D eigenvalue weighted by atomic mass is 16.2. The van der Waals surface area contributed by atoms with Crippen molar-refractivity contribution in [1.82, 2.24) is 24.9 Å². The fraction of sp³-hybridized carbons (Fsp3) is 0.500. The molecule has 2 heterocycles. The molecule has 2 aromatic heterocycles. The number of carbonyl (C=O) groups excluding carboxylic acids is 2. The van der Waals surface area contributed by atoms with Crippen molar-refractivity contribution in [1.29, 1.82) is 0 Å². The van der Waals surface area contributed by atoms with Crippen LogP contribution in [0.4, 0.5) is 5.69 Å². The van der Waals surface area contributed by atoms with Crippen molar-refractivity contribution in [2.75, 3.05) is 5.32 Å². The Kier molecular flexibility index (Phi) is 5.06. The molecule has 0 fully saturated rings. The lowest BCUT2D eigenvalue weighted by molar-refractivity contribution is -0.136. The number of nitrogens with zero attached hydrogens (tertiary/aromatic N) is 4. The molecular formula is C16H24N6O2. The minimum atomic E-state index is -0.701. The third-order valence-corrected chi connectivity index (χ3v) is 4.21. The first-order valence-corrected chi connectivity index (χ1v) is 7.88. The normalized spacial score (nSPS) is 10.8. The molecule has 2 rings (SSSR count). The molecule has 2 N–H and O–H groups in total. The monoisotopic (exact) mass is 332 g/mol. The van der Waals surface area contributed by atoms with E-state index in [1.165, 1.54) is 0 Å². The maximum Gasteiger partial charge on any atom is 0.313 e. The SMILES string of the molecule is CCn1nc(C)c(CNC(=O)C(=O)Nc2c(C)nn(C)c2C)c1C. The van der Waals surface area contributed by atoms with E-state index in [-0.39, 0.29) is 6.54 Å². The second kappa shape index (κ2) is 6.86. The lowest BCUT2D eigenvalue weighted by Crippen LogP contribution is -2.35. The van der Waals surface area contributed by atoms with Gasteiger partial charge in [-0.25, -0.2) is 0 Å². The second-order valence-electron chi connectivity index (χ2n) is 5.77. The van der Waals surface area contributed by atoms with Crippen LogP contribution in [0.5, 0.6) is 0 Å². The molecule has 0 aromatic carbocycles. The van der Waals surface area contributed by atoms with Crippen LogP contribution in [-0.2, 0) is 29.7 Å². The molecule has 0 saturated carbocycles. The summed E-state index contributed by atoms with van der Waals surface area (Å²) >= 11 is 0.